The molecule has 2 aromatic heterocycles. The SMILES string of the molecule is O=C(Nc1ccc(Cl)cc1)c1cc2sccc2[nH]1. The number of aromatic nitrogens is 1. The Bertz CT molecular complexity index is 671. The number of amides is 1. The average Bonchev–Trinajstić information content (AvgIpc) is 2.92. The lowest BCUT2D eigenvalue weighted by Crippen LogP contribution is -2.11. The second-order valence-corrected chi connectivity index (χ2v) is 5.23. The van der Waals surface area contributed by atoms with Gasteiger partial charge in [0.15, 0.2) is 0 Å². The van der Waals surface area contributed by atoms with Crippen LogP contribution in [0.5, 0.6) is 0 Å². The standard InChI is InChI=1S/C13H9ClN2OS/c14-8-1-3-9(4-2-8)15-13(17)11-7-12-10(16-11)5-6-18-12/h1-7,16H,(H,15,17). The first kappa shape index (κ1) is 11.3. The molecule has 0 atom stereocenters. The molecule has 1 aromatic carbocycles. The number of carbonyl (C=O) groups is 1. The summed E-state index contributed by atoms with van der Waals surface area (Å²) in [6, 6.07) is 10.8. The Labute approximate surface area is 112 Å². The van der Waals surface area contributed by atoms with Gasteiger partial charge >= 0.3 is 0 Å². The van der Waals surface area contributed by atoms with Crippen LogP contribution in [0, 0.1) is 0 Å². The molecule has 0 spiro atoms. The Morgan fingerprint density at radius 3 is 2.72 bits per heavy atom. The number of halogens is 1. The molecule has 0 aliphatic carbocycles. The van der Waals surface area contributed by atoms with Crippen molar-refractivity contribution in [1.29, 1.82) is 0 Å². The van der Waals surface area contributed by atoms with E-state index < -0.39 is 0 Å². The lowest BCUT2D eigenvalue weighted by molar-refractivity contribution is 0.102. The second kappa shape index (κ2) is 4.48. The molecule has 0 saturated heterocycles. The Hall–Kier alpha value is -1.78. The largest absolute Gasteiger partial charge is 0.350 e. The van der Waals surface area contributed by atoms with Gasteiger partial charge in [0.25, 0.3) is 5.91 Å². The van der Waals surface area contributed by atoms with E-state index in [0.717, 1.165) is 15.9 Å². The number of rotatable bonds is 2. The maximum Gasteiger partial charge on any atom is 0.272 e. The molecule has 2 heterocycles. The molecule has 1 amide bonds. The maximum atomic E-state index is 12.0. The van der Waals surface area contributed by atoms with Crippen molar-refractivity contribution in [3.8, 4) is 0 Å². The Kier molecular flexibility index (Phi) is 2.81. The predicted octanol–water partition coefficient (Wildman–Crippen LogP) is 4.14. The highest BCUT2D eigenvalue weighted by Gasteiger charge is 2.10. The molecular formula is C13H9ClN2OS. The summed E-state index contributed by atoms with van der Waals surface area (Å²) >= 11 is 7.39. The highest BCUT2D eigenvalue weighted by molar-refractivity contribution is 7.17. The van der Waals surface area contributed by atoms with E-state index in [1.54, 1.807) is 35.6 Å². The van der Waals surface area contributed by atoms with E-state index in [4.69, 9.17) is 11.6 Å². The number of anilines is 1. The Balaban J connectivity index is 1.82. The maximum absolute atomic E-state index is 12.0. The van der Waals surface area contributed by atoms with Crippen molar-refractivity contribution in [2.45, 2.75) is 0 Å². The summed E-state index contributed by atoms with van der Waals surface area (Å²) in [4.78, 5) is 15.1. The minimum Gasteiger partial charge on any atom is -0.350 e. The summed E-state index contributed by atoms with van der Waals surface area (Å²) in [5.74, 6) is -0.152. The van der Waals surface area contributed by atoms with Crippen molar-refractivity contribution in [2.75, 3.05) is 5.32 Å². The summed E-state index contributed by atoms with van der Waals surface area (Å²) in [6.07, 6.45) is 0. The topological polar surface area (TPSA) is 44.9 Å². The third-order valence-corrected chi connectivity index (χ3v) is 3.70. The first-order valence-electron chi connectivity index (χ1n) is 5.35. The predicted molar refractivity (Wildman–Crippen MR) is 75.6 cm³/mol. The van der Waals surface area contributed by atoms with Crippen LogP contribution in [0.1, 0.15) is 10.5 Å². The van der Waals surface area contributed by atoms with Crippen molar-refractivity contribution in [2.24, 2.45) is 0 Å². The van der Waals surface area contributed by atoms with Crippen LogP contribution in [0.2, 0.25) is 5.02 Å². The van der Waals surface area contributed by atoms with Gasteiger partial charge in [-0.2, -0.15) is 0 Å². The lowest BCUT2D eigenvalue weighted by atomic mass is 10.3. The zero-order valence-corrected chi connectivity index (χ0v) is 10.8. The van der Waals surface area contributed by atoms with E-state index in [9.17, 15) is 4.79 Å². The van der Waals surface area contributed by atoms with E-state index in [-0.39, 0.29) is 5.91 Å². The van der Waals surface area contributed by atoms with Gasteiger partial charge in [0.2, 0.25) is 0 Å². The minimum absolute atomic E-state index is 0.152. The van der Waals surface area contributed by atoms with Gasteiger partial charge in [-0.15, -0.1) is 11.3 Å². The van der Waals surface area contributed by atoms with Gasteiger partial charge in [0, 0.05) is 10.7 Å². The Morgan fingerprint density at radius 1 is 1.22 bits per heavy atom. The highest BCUT2D eigenvalue weighted by atomic mass is 35.5. The molecule has 0 fully saturated rings. The second-order valence-electron chi connectivity index (χ2n) is 3.84. The summed E-state index contributed by atoms with van der Waals surface area (Å²) in [6.45, 7) is 0. The smallest absolute Gasteiger partial charge is 0.272 e. The summed E-state index contributed by atoms with van der Waals surface area (Å²) < 4.78 is 1.08. The van der Waals surface area contributed by atoms with Crippen LogP contribution in [0.15, 0.2) is 41.8 Å². The molecule has 0 aliphatic heterocycles. The van der Waals surface area contributed by atoms with Crippen molar-refractivity contribution in [1.82, 2.24) is 4.98 Å². The van der Waals surface area contributed by atoms with Crippen LogP contribution in [-0.4, -0.2) is 10.9 Å². The van der Waals surface area contributed by atoms with E-state index in [0.29, 0.717) is 10.7 Å². The molecule has 0 unspecified atom stereocenters. The molecule has 3 rings (SSSR count). The number of carbonyl (C=O) groups excluding carboxylic acids is 1. The van der Waals surface area contributed by atoms with Gasteiger partial charge in [0.1, 0.15) is 5.69 Å². The number of hydrogen-bond donors (Lipinski definition) is 2. The van der Waals surface area contributed by atoms with Crippen LogP contribution >= 0.6 is 22.9 Å². The fraction of sp³-hybridized carbons (Fsp3) is 0. The fourth-order valence-electron chi connectivity index (χ4n) is 1.70. The van der Waals surface area contributed by atoms with Crippen molar-refractivity contribution in [3.63, 3.8) is 0 Å². The number of H-pyrrole nitrogens is 1. The van der Waals surface area contributed by atoms with Gasteiger partial charge in [-0.3, -0.25) is 4.79 Å². The third-order valence-electron chi connectivity index (χ3n) is 2.59. The van der Waals surface area contributed by atoms with E-state index in [1.807, 2.05) is 17.5 Å². The van der Waals surface area contributed by atoms with Crippen LogP contribution in [0.3, 0.4) is 0 Å². The number of fused-ring (bicyclic) bond motifs is 1. The quantitative estimate of drug-likeness (QED) is 0.726. The third kappa shape index (κ3) is 2.12. The van der Waals surface area contributed by atoms with Gasteiger partial charge < -0.3 is 10.3 Å². The lowest BCUT2D eigenvalue weighted by Gasteiger charge is -2.03. The molecular weight excluding hydrogens is 268 g/mol. The number of thiophene rings is 1. The van der Waals surface area contributed by atoms with Crippen LogP contribution in [0.25, 0.3) is 10.2 Å². The minimum atomic E-state index is -0.152. The van der Waals surface area contributed by atoms with Crippen molar-refractivity contribution >= 4 is 44.7 Å². The van der Waals surface area contributed by atoms with Gasteiger partial charge in [-0.25, -0.2) is 0 Å². The molecule has 0 radical (unpaired) electrons. The fourth-order valence-corrected chi connectivity index (χ4v) is 2.61. The van der Waals surface area contributed by atoms with E-state index >= 15 is 0 Å². The van der Waals surface area contributed by atoms with E-state index in [1.165, 1.54) is 0 Å². The molecule has 2 N–H and O–H groups in total. The molecule has 18 heavy (non-hydrogen) atoms. The zero-order chi connectivity index (χ0) is 12.5. The van der Waals surface area contributed by atoms with Gasteiger partial charge in [-0.1, -0.05) is 11.6 Å². The number of hydrogen-bond acceptors (Lipinski definition) is 2. The van der Waals surface area contributed by atoms with Crippen LogP contribution in [-0.2, 0) is 0 Å². The van der Waals surface area contributed by atoms with Gasteiger partial charge in [0.05, 0.1) is 10.2 Å². The molecule has 0 aliphatic rings. The molecule has 3 aromatic rings. The summed E-state index contributed by atoms with van der Waals surface area (Å²) in [5, 5.41) is 5.45. The molecule has 0 bridgehead atoms. The molecule has 5 heteroatoms. The molecule has 3 nitrogen and oxygen atoms in total. The zero-order valence-electron chi connectivity index (χ0n) is 9.24. The molecule has 0 saturated carbocycles. The van der Waals surface area contributed by atoms with Crippen LogP contribution < -0.4 is 5.32 Å². The number of benzene rings is 1. The first-order chi connectivity index (χ1) is 8.72. The average molecular weight is 277 g/mol. The van der Waals surface area contributed by atoms with Crippen molar-refractivity contribution in [3.05, 3.63) is 52.5 Å². The Morgan fingerprint density at radius 2 is 2.00 bits per heavy atom. The number of nitrogens with one attached hydrogen (secondary N) is 2. The van der Waals surface area contributed by atoms with Gasteiger partial charge in [-0.05, 0) is 41.8 Å². The highest BCUT2D eigenvalue weighted by Crippen LogP contribution is 2.22. The van der Waals surface area contributed by atoms with Crippen LogP contribution in [0.4, 0.5) is 5.69 Å². The summed E-state index contributed by atoms with van der Waals surface area (Å²) in [5.41, 5.74) is 2.27. The summed E-state index contributed by atoms with van der Waals surface area (Å²) in [7, 11) is 0. The van der Waals surface area contributed by atoms with E-state index in [2.05, 4.69) is 10.3 Å². The van der Waals surface area contributed by atoms with Crippen molar-refractivity contribution < 1.29 is 4.79 Å². The normalized spacial score (nSPS) is 10.7. The number of aromatic amines is 1. The molecule has 90 valence electrons. The monoisotopic (exact) mass is 276 g/mol. The first-order valence-corrected chi connectivity index (χ1v) is 6.61.